The first kappa shape index (κ1) is 25.1. The number of halogens is 2. The van der Waals surface area contributed by atoms with Crippen molar-refractivity contribution in [2.75, 3.05) is 0 Å². The van der Waals surface area contributed by atoms with E-state index in [4.69, 9.17) is 9.47 Å². The molecular weight excluding hydrogens is 444 g/mol. The van der Waals surface area contributed by atoms with Gasteiger partial charge in [-0.2, -0.15) is 0 Å². The average Bonchev–Trinajstić information content (AvgIpc) is 3.07. The van der Waals surface area contributed by atoms with Crippen molar-refractivity contribution in [3.63, 3.8) is 0 Å². The number of nitrogens with one attached hydrogen (secondary N) is 1. The molecule has 1 unspecified atom stereocenters. The van der Waals surface area contributed by atoms with E-state index < -0.39 is 17.2 Å². The van der Waals surface area contributed by atoms with Gasteiger partial charge in [0.25, 0.3) is 5.91 Å². The molecule has 0 saturated carbocycles. The van der Waals surface area contributed by atoms with Crippen molar-refractivity contribution < 1.29 is 27.8 Å². The van der Waals surface area contributed by atoms with Crippen molar-refractivity contribution >= 4 is 17.5 Å². The molecule has 3 rings (SSSR count). The standard InChI is InChI=1S/C25H29F2N3O4/c1-15(11-12-21(31)34-25(3,4)5)28-24(32)22-16(2)29-23-20(10-7-13-30(22)23)33-14-17-18(26)8-6-9-19(17)27/h6-10,13,15H,11-12,14H2,1-5H3,(H,28,32). The fourth-order valence-corrected chi connectivity index (χ4v) is 3.45. The summed E-state index contributed by atoms with van der Waals surface area (Å²) in [5.41, 5.74) is 0.370. The van der Waals surface area contributed by atoms with Gasteiger partial charge in [-0.1, -0.05) is 6.07 Å². The first-order valence-electron chi connectivity index (χ1n) is 11.0. The first-order chi connectivity index (χ1) is 16.0. The summed E-state index contributed by atoms with van der Waals surface area (Å²) in [5, 5.41) is 2.88. The molecule has 9 heteroatoms. The van der Waals surface area contributed by atoms with Crippen molar-refractivity contribution in [3.05, 3.63) is 65.1 Å². The lowest BCUT2D eigenvalue weighted by molar-refractivity contribution is -0.155. The number of imidazole rings is 1. The third-order valence-corrected chi connectivity index (χ3v) is 5.02. The molecule has 0 aliphatic carbocycles. The Morgan fingerprint density at radius 2 is 1.82 bits per heavy atom. The van der Waals surface area contributed by atoms with Gasteiger partial charge in [0.05, 0.1) is 11.3 Å². The van der Waals surface area contributed by atoms with E-state index in [1.54, 1.807) is 57.3 Å². The van der Waals surface area contributed by atoms with E-state index in [0.717, 1.165) is 12.1 Å². The summed E-state index contributed by atoms with van der Waals surface area (Å²) >= 11 is 0. The Morgan fingerprint density at radius 1 is 1.15 bits per heavy atom. The number of aryl methyl sites for hydroxylation is 1. The van der Waals surface area contributed by atoms with Gasteiger partial charge in [-0.25, -0.2) is 13.8 Å². The van der Waals surface area contributed by atoms with E-state index in [1.807, 2.05) is 0 Å². The van der Waals surface area contributed by atoms with Crippen LogP contribution in [0.4, 0.5) is 8.78 Å². The maximum atomic E-state index is 13.9. The number of esters is 1. The third-order valence-electron chi connectivity index (χ3n) is 5.02. The van der Waals surface area contributed by atoms with Gasteiger partial charge in [-0.15, -0.1) is 0 Å². The Balaban J connectivity index is 1.72. The normalized spacial score (nSPS) is 12.4. The Morgan fingerprint density at radius 3 is 2.47 bits per heavy atom. The van der Waals surface area contributed by atoms with E-state index in [-0.39, 0.29) is 42.3 Å². The first-order valence-corrected chi connectivity index (χ1v) is 11.0. The van der Waals surface area contributed by atoms with Gasteiger partial charge < -0.3 is 14.8 Å². The smallest absolute Gasteiger partial charge is 0.306 e. The summed E-state index contributed by atoms with van der Waals surface area (Å²) in [6.45, 7) is 8.57. The molecule has 0 aliphatic rings. The van der Waals surface area contributed by atoms with Crippen molar-refractivity contribution in [1.29, 1.82) is 0 Å². The van der Waals surface area contributed by atoms with Gasteiger partial charge in [0.2, 0.25) is 0 Å². The minimum atomic E-state index is -0.702. The monoisotopic (exact) mass is 473 g/mol. The van der Waals surface area contributed by atoms with E-state index >= 15 is 0 Å². The van der Waals surface area contributed by atoms with Gasteiger partial charge in [-0.05, 0) is 65.3 Å². The van der Waals surface area contributed by atoms with E-state index in [0.29, 0.717) is 23.5 Å². The number of aromatic nitrogens is 2. The predicted molar refractivity (Wildman–Crippen MR) is 123 cm³/mol. The zero-order valence-corrected chi connectivity index (χ0v) is 19.9. The van der Waals surface area contributed by atoms with E-state index in [2.05, 4.69) is 10.3 Å². The van der Waals surface area contributed by atoms with Gasteiger partial charge in [0, 0.05) is 18.7 Å². The molecule has 0 aliphatic heterocycles. The summed E-state index contributed by atoms with van der Waals surface area (Å²) in [4.78, 5) is 29.3. The van der Waals surface area contributed by atoms with Crippen LogP contribution in [0.1, 0.15) is 62.3 Å². The molecule has 2 heterocycles. The summed E-state index contributed by atoms with van der Waals surface area (Å²) in [6, 6.07) is 6.60. The predicted octanol–water partition coefficient (Wildman–Crippen LogP) is 4.74. The number of fused-ring (bicyclic) bond motifs is 1. The molecule has 1 amide bonds. The summed E-state index contributed by atoms with van der Waals surface area (Å²) in [5.74, 6) is -1.81. The Hall–Kier alpha value is -3.49. The number of pyridine rings is 1. The fourth-order valence-electron chi connectivity index (χ4n) is 3.45. The molecule has 0 bridgehead atoms. The third kappa shape index (κ3) is 6.09. The number of carbonyl (C=O) groups excluding carboxylic acids is 2. The number of hydrogen-bond acceptors (Lipinski definition) is 5. The maximum absolute atomic E-state index is 13.9. The quantitative estimate of drug-likeness (QED) is 0.478. The average molecular weight is 474 g/mol. The van der Waals surface area contributed by atoms with Gasteiger partial charge >= 0.3 is 5.97 Å². The topological polar surface area (TPSA) is 81.9 Å². The second kappa shape index (κ2) is 10.2. The van der Waals surface area contributed by atoms with Crippen LogP contribution in [-0.4, -0.2) is 32.9 Å². The Labute approximate surface area is 197 Å². The molecule has 7 nitrogen and oxygen atoms in total. The Kier molecular flexibility index (Phi) is 7.54. The highest BCUT2D eigenvalue weighted by Gasteiger charge is 2.22. The van der Waals surface area contributed by atoms with Crippen molar-refractivity contribution in [2.45, 2.75) is 65.7 Å². The number of amides is 1. The van der Waals surface area contributed by atoms with Gasteiger partial charge in [-0.3, -0.25) is 14.0 Å². The zero-order valence-electron chi connectivity index (χ0n) is 19.9. The maximum Gasteiger partial charge on any atom is 0.306 e. The number of nitrogens with zero attached hydrogens (tertiary/aromatic N) is 2. The number of benzene rings is 1. The second-order valence-corrected chi connectivity index (χ2v) is 9.10. The van der Waals surface area contributed by atoms with Crippen molar-refractivity contribution in [2.24, 2.45) is 0 Å². The van der Waals surface area contributed by atoms with Crippen LogP contribution in [0.15, 0.2) is 36.5 Å². The van der Waals surface area contributed by atoms with Gasteiger partial charge in [0.15, 0.2) is 11.4 Å². The number of carbonyl (C=O) groups is 2. The summed E-state index contributed by atoms with van der Waals surface area (Å²) in [6.07, 6.45) is 2.25. The lowest BCUT2D eigenvalue weighted by Crippen LogP contribution is -2.34. The molecular formula is C25H29F2N3O4. The zero-order chi connectivity index (χ0) is 25.0. The lowest BCUT2D eigenvalue weighted by Gasteiger charge is -2.20. The second-order valence-electron chi connectivity index (χ2n) is 9.10. The molecule has 0 spiro atoms. The molecule has 34 heavy (non-hydrogen) atoms. The molecule has 2 aromatic heterocycles. The fraction of sp³-hybridized carbons (Fsp3) is 0.400. The van der Waals surface area contributed by atoms with Crippen LogP contribution in [0.25, 0.3) is 5.65 Å². The molecule has 0 radical (unpaired) electrons. The van der Waals surface area contributed by atoms with Crippen LogP contribution in [0.5, 0.6) is 5.75 Å². The molecule has 1 N–H and O–H groups in total. The van der Waals surface area contributed by atoms with Crippen LogP contribution < -0.4 is 10.1 Å². The van der Waals surface area contributed by atoms with Crippen molar-refractivity contribution in [1.82, 2.24) is 14.7 Å². The van der Waals surface area contributed by atoms with Crippen LogP contribution in [0.3, 0.4) is 0 Å². The van der Waals surface area contributed by atoms with Crippen LogP contribution in [-0.2, 0) is 16.1 Å². The number of rotatable bonds is 8. The van der Waals surface area contributed by atoms with Crippen LogP contribution in [0.2, 0.25) is 0 Å². The summed E-state index contributed by atoms with van der Waals surface area (Å²) in [7, 11) is 0. The molecule has 182 valence electrons. The molecule has 3 aromatic rings. The highest BCUT2D eigenvalue weighted by atomic mass is 19.1. The van der Waals surface area contributed by atoms with Crippen LogP contribution >= 0.6 is 0 Å². The highest BCUT2D eigenvalue weighted by Crippen LogP contribution is 2.24. The highest BCUT2D eigenvalue weighted by molar-refractivity contribution is 5.95. The Bertz CT molecular complexity index is 1180. The SMILES string of the molecule is Cc1nc2c(OCc3c(F)cccc3F)cccn2c1C(=O)NC(C)CCC(=O)OC(C)(C)C. The number of ether oxygens (including phenoxy) is 2. The molecule has 1 atom stereocenters. The van der Waals surface area contributed by atoms with Crippen LogP contribution in [0, 0.1) is 18.6 Å². The van der Waals surface area contributed by atoms with Crippen molar-refractivity contribution in [3.8, 4) is 5.75 Å². The minimum Gasteiger partial charge on any atom is -0.485 e. The molecule has 1 aromatic carbocycles. The van der Waals surface area contributed by atoms with E-state index in [1.165, 1.54) is 6.07 Å². The largest absolute Gasteiger partial charge is 0.485 e. The minimum absolute atomic E-state index is 0.176. The van der Waals surface area contributed by atoms with Gasteiger partial charge in [0.1, 0.15) is 29.5 Å². The molecule has 0 fully saturated rings. The lowest BCUT2D eigenvalue weighted by atomic mass is 10.1. The molecule has 0 saturated heterocycles. The number of hydrogen-bond donors (Lipinski definition) is 1. The van der Waals surface area contributed by atoms with E-state index in [9.17, 15) is 18.4 Å². The summed E-state index contributed by atoms with van der Waals surface area (Å²) < 4.78 is 40.4.